The Bertz CT molecular complexity index is 810. The number of carbonyl (C=O) groups is 1. The predicted octanol–water partition coefficient (Wildman–Crippen LogP) is 4.12. The van der Waals surface area contributed by atoms with Crippen LogP contribution in [0.3, 0.4) is 0 Å². The Morgan fingerprint density at radius 2 is 1.96 bits per heavy atom. The first-order valence-electron chi connectivity index (χ1n) is 9.90. The molecule has 3 unspecified atom stereocenters. The number of piperidine rings is 1. The monoisotopic (exact) mass is 426 g/mol. The van der Waals surface area contributed by atoms with Gasteiger partial charge in [-0.1, -0.05) is 0 Å². The first kappa shape index (κ1) is 21.4. The molecule has 6 nitrogen and oxygen atoms in total. The van der Waals surface area contributed by atoms with Crippen molar-refractivity contribution < 1.29 is 9.53 Å². The number of fused-ring (bicyclic) bond motifs is 3. The van der Waals surface area contributed by atoms with E-state index in [4.69, 9.17) is 4.74 Å². The number of nitrogens with one attached hydrogen (secondary N) is 3. The number of imidazole rings is 1. The van der Waals surface area contributed by atoms with Gasteiger partial charge in [-0.25, -0.2) is 4.98 Å². The van der Waals surface area contributed by atoms with Gasteiger partial charge in [-0.05, 0) is 62.6 Å². The Labute approximate surface area is 177 Å². The lowest BCUT2D eigenvalue weighted by atomic mass is 9.89. The molecule has 4 heterocycles. The molecule has 1 aromatic carbocycles. The summed E-state index contributed by atoms with van der Waals surface area (Å²) in [5, 5.41) is 6.71. The molecule has 8 heteroatoms. The Morgan fingerprint density at radius 3 is 2.68 bits per heavy atom. The number of rotatable bonds is 4. The van der Waals surface area contributed by atoms with E-state index >= 15 is 0 Å². The van der Waals surface area contributed by atoms with E-state index < -0.39 is 0 Å². The van der Waals surface area contributed by atoms with E-state index in [0.29, 0.717) is 24.4 Å². The molecule has 0 aliphatic carbocycles. The van der Waals surface area contributed by atoms with Crippen LogP contribution in [0, 0.1) is 5.92 Å². The van der Waals surface area contributed by atoms with Crippen molar-refractivity contribution in [3.63, 3.8) is 0 Å². The topological polar surface area (TPSA) is 79.0 Å². The lowest BCUT2D eigenvalue weighted by Crippen LogP contribution is -2.39. The molecule has 3 atom stereocenters. The molecular weight excluding hydrogens is 399 g/mol. The zero-order valence-electron chi connectivity index (χ0n) is 15.8. The number of hydrogen-bond donors (Lipinski definition) is 3. The number of amides is 1. The van der Waals surface area contributed by atoms with Crippen LogP contribution in [0.5, 0.6) is 0 Å². The number of aromatic amines is 1. The van der Waals surface area contributed by atoms with Crippen LogP contribution in [0.15, 0.2) is 18.2 Å². The van der Waals surface area contributed by atoms with Crippen LogP contribution in [0.2, 0.25) is 0 Å². The molecule has 3 aliphatic rings. The minimum Gasteiger partial charge on any atom is -0.370 e. The van der Waals surface area contributed by atoms with E-state index in [1.165, 1.54) is 12.8 Å². The van der Waals surface area contributed by atoms with E-state index in [9.17, 15) is 4.79 Å². The lowest BCUT2D eigenvalue weighted by Gasteiger charge is -2.28. The summed E-state index contributed by atoms with van der Waals surface area (Å²) in [7, 11) is 0. The van der Waals surface area contributed by atoms with Crippen molar-refractivity contribution in [3.05, 3.63) is 24.0 Å². The van der Waals surface area contributed by atoms with Gasteiger partial charge in [-0.15, -0.1) is 24.8 Å². The maximum atomic E-state index is 12.5. The summed E-state index contributed by atoms with van der Waals surface area (Å²) in [6, 6.07) is 7.13. The Hall–Kier alpha value is -1.34. The van der Waals surface area contributed by atoms with Crippen LogP contribution >= 0.6 is 24.8 Å². The molecule has 0 radical (unpaired) electrons. The van der Waals surface area contributed by atoms with Gasteiger partial charge in [0.25, 0.3) is 0 Å². The summed E-state index contributed by atoms with van der Waals surface area (Å²) in [5.41, 5.74) is 2.71. The van der Waals surface area contributed by atoms with Crippen LogP contribution in [0.4, 0.5) is 5.69 Å². The van der Waals surface area contributed by atoms with Crippen molar-refractivity contribution in [2.24, 2.45) is 5.92 Å². The van der Waals surface area contributed by atoms with Crippen molar-refractivity contribution >= 4 is 47.4 Å². The van der Waals surface area contributed by atoms with Gasteiger partial charge in [0, 0.05) is 30.8 Å². The molecule has 3 saturated heterocycles. The van der Waals surface area contributed by atoms with Crippen LogP contribution in [0.1, 0.15) is 56.9 Å². The van der Waals surface area contributed by atoms with E-state index in [2.05, 4.69) is 20.6 Å². The fourth-order valence-corrected chi connectivity index (χ4v) is 4.87. The van der Waals surface area contributed by atoms with Gasteiger partial charge in [-0.3, -0.25) is 4.79 Å². The Balaban J connectivity index is 0.00000112. The molecule has 1 amide bonds. The first-order valence-corrected chi connectivity index (χ1v) is 9.90. The maximum Gasteiger partial charge on any atom is 0.224 e. The zero-order chi connectivity index (χ0) is 17.5. The van der Waals surface area contributed by atoms with Gasteiger partial charge in [-0.2, -0.15) is 0 Å². The number of ether oxygens (including phenoxy) is 1. The standard InChI is InChI=1S/C20H26N4O2.2ClH/c25-19(10-12-8-13-3-4-14(9-12)21-13)22-15-5-6-16-17(11-15)24-20(23-16)18-2-1-7-26-18;;/h5-6,11-14,18,21H,1-4,7-10H2,(H,22,25)(H,23,24);2*1H. The van der Waals surface area contributed by atoms with Gasteiger partial charge in [0.1, 0.15) is 11.9 Å². The molecule has 0 spiro atoms. The number of carbonyl (C=O) groups excluding carboxylic acids is 1. The second-order valence-electron chi connectivity index (χ2n) is 8.08. The summed E-state index contributed by atoms with van der Waals surface area (Å²) in [6.45, 7) is 0.807. The molecule has 5 rings (SSSR count). The average molecular weight is 427 g/mol. The third-order valence-corrected chi connectivity index (χ3v) is 6.06. The van der Waals surface area contributed by atoms with E-state index in [1.807, 2.05) is 18.2 Å². The fraction of sp³-hybridized carbons (Fsp3) is 0.600. The number of halogens is 2. The Kier molecular flexibility index (Phi) is 6.86. The lowest BCUT2D eigenvalue weighted by molar-refractivity contribution is -0.117. The second kappa shape index (κ2) is 8.99. The summed E-state index contributed by atoms with van der Waals surface area (Å²) in [4.78, 5) is 20.5. The summed E-state index contributed by atoms with van der Waals surface area (Å²) < 4.78 is 5.70. The van der Waals surface area contributed by atoms with Gasteiger partial charge < -0.3 is 20.4 Å². The third-order valence-electron chi connectivity index (χ3n) is 6.06. The number of hydrogen-bond acceptors (Lipinski definition) is 4. The molecule has 1 aromatic heterocycles. The minimum absolute atomic E-state index is 0. The maximum absolute atomic E-state index is 12.5. The van der Waals surface area contributed by atoms with Gasteiger partial charge in [0.2, 0.25) is 5.91 Å². The van der Waals surface area contributed by atoms with Crippen molar-refractivity contribution in [1.29, 1.82) is 0 Å². The smallest absolute Gasteiger partial charge is 0.224 e. The molecule has 0 saturated carbocycles. The highest BCUT2D eigenvalue weighted by Crippen LogP contribution is 2.33. The number of aromatic nitrogens is 2. The molecule has 3 fully saturated rings. The van der Waals surface area contributed by atoms with Crippen LogP contribution < -0.4 is 10.6 Å². The van der Waals surface area contributed by atoms with E-state index in [1.54, 1.807) is 0 Å². The molecule has 28 heavy (non-hydrogen) atoms. The Morgan fingerprint density at radius 1 is 1.18 bits per heavy atom. The summed E-state index contributed by atoms with van der Waals surface area (Å²) in [5.74, 6) is 1.52. The normalized spacial score (nSPS) is 28.6. The van der Waals surface area contributed by atoms with Crippen LogP contribution in [0.25, 0.3) is 11.0 Å². The minimum atomic E-state index is 0. The summed E-state index contributed by atoms with van der Waals surface area (Å²) in [6.07, 6.45) is 7.61. The molecule has 154 valence electrons. The first-order chi connectivity index (χ1) is 12.7. The van der Waals surface area contributed by atoms with Crippen molar-refractivity contribution in [2.45, 2.75) is 63.1 Å². The third kappa shape index (κ3) is 4.46. The van der Waals surface area contributed by atoms with Gasteiger partial charge in [0.15, 0.2) is 0 Å². The quantitative estimate of drug-likeness (QED) is 0.686. The van der Waals surface area contributed by atoms with Crippen molar-refractivity contribution in [1.82, 2.24) is 15.3 Å². The van der Waals surface area contributed by atoms with Gasteiger partial charge >= 0.3 is 0 Å². The van der Waals surface area contributed by atoms with E-state index in [0.717, 1.165) is 54.8 Å². The highest BCUT2D eigenvalue weighted by molar-refractivity contribution is 5.93. The number of benzene rings is 1. The molecule has 2 aromatic rings. The van der Waals surface area contributed by atoms with Crippen molar-refractivity contribution in [2.75, 3.05) is 11.9 Å². The molecule has 3 N–H and O–H groups in total. The average Bonchev–Trinajstić information content (AvgIpc) is 3.34. The highest BCUT2D eigenvalue weighted by atomic mass is 35.5. The number of anilines is 1. The molecular formula is C20H28Cl2N4O2. The fourth-order valence-electron chi connectivity index (χ4n) is 4.87. The number of nitrogens with zero attached hydrogens (tertiary/aromatic N) is 1. The molecule has 2 bridgehead atoms. The zero-order valence-corrected chi connectivity index (χ0v) is 17.4. The molecule has 3 aliphatic heterocycles. The van der Waals surface area contributed by atoms with Crippen LogP contribution in [-0.2, 0) is 9.53 Å². The highest BCUT2D eigenvalue weighted by Gasteiger charge is 2.34. The van der Waals surface area contributed by atoms with Gasteiger partial charge in [0.05, 0.1) is 11.0 Å². The van der Waals surface area contributed by atoms with E-state index in [-0.39, 0.29) is 36.8 Å². The number of H-pyrrole nitrogens is 1. The second-order valence-corrected chi connectivity index (χ2v) is 8.08. The predicted molar refractivity (Wildman–Crippen MR) is 114 cm³/mol. The SMILES string of the molecule is Cl.Cl.O=C(CC1CC2CCC(C1)N2)Nc1ccc2nc(C3CCCO3)[nH]c2c1. The van der Waals surface area contributed by atoms with Crippen molar-refractivity contribution in [3.8, 4) is 0 Å². The van der Waals surface area contributed by atoms with Crippen LogP contribution in [-0.4, -0.2) is 34.6 Å². The summed E-state index contributed by atoms with van der Waals surface area (Å²) >= 11 is 0. The largest absolute Gasteiger partial charge is 0.370 e.